The Balaban J connectivity index is 0.00000289. The second kappa shape index (κ2) is 7.67. The Labute approximate surface area is 111 Å². The minimum absolute atomic E-state index is 0. The largest absolute Gasteiger partial charge is 0.468 e. The van der Waals surface area contributed by atoms with Gasteiger partial charge in [-0.25, -0.2) is 0 Å². The van der Waals surface area contributed by atoms with Crippen LogP contribution in [0, 0.1) is 5.92 Å². The van der Waals surface area contributed by atoms with E-state index < -0.39 is 5.97 Å². The number of methoxy groups -OCH3 is 1. The van der Waals surface area contributed by atoms with E-state index in [-0.39, 0.29) is 37.3 Å². The zero-order chi connectivity index (χ0) is 12.8. The van der Waals surface area contributed by atoms with Crippen LogP contribution in [0.4, 0.5) is 5.82 Å². The highest BCUT2D eigenvalue weighted by molar-refractivity contribution is 5.91. The number of amides is 1. The van der Waals surface area contributed by atoms with Crippen LogP contribution in [0.1, 0.15) is 6.92 Å². The molecule has 3 N–H and O–H groups in total. The number of nitrogens with one attached hydrogen (secondary N) is 1. The molecule has 8 heteroatoms. The molecule has 1 aromatic heterocycles. The van der Waals surface area contributed by atoms with Gasteiger partial charge in [0, 0.05) is 24.7 Å². The van der Waals surface area contributed by atoms with E-state index >= 15 is 0 Å². The van der Waals surface area contributed by atoms with E-state index in [9.17, 15) is 9.59 Å². The zero-order valence-electron chi connectivity index (χ0n) is 10.3. The number of nitrogens with two attached hydrogens (primary N) is 1. The Morgan fingerprint density at radius 2 is 2.28 bits per heavy atom. The van der Waals surface area contributed by atoms with Crippen molar-refractivity contribution in [2.45, 2.75) is 13.5 Å². The molecule has 1 amide bonds. The van der Waals surface area contributed by atoms with Gasteiger partial charge in [0.2, 0.25) is 5.91 Å². The van der Waals surface area contributed by atoms with Crippen molar-refractivity contribution in [1.29, 1.82) is 0 Å². The number of hydrogen-bond donors (Lipinski definition) is 2. The van der Waals surface area contributed by atoms with Gasteiger partial charge >= 0.3 is 5.97 Å². The van der Waals surface area contributed by atoms with Crippen LogP contribution in [0.25, 0.3) is 0 Å². The number of hydrogen-bond acceptors (Lipinski definition) is 5. The summed E-state index contributed by atoms with van der Waals surface area (Å²) in [7, 11) is 1.30. The maximum Gasteiger partial charge on any atom is 0.327 e. The first-order valence-corrected chi connectivity index (χ1v) is 5.18. The van der Waals surface area contributed by atoms with Crippen molar-refractivity contribution in [2.75, 3.05) is 19.0 Å². The quantitative estimate of drug-likeness (QED) is 0.738. The Bertz CT molecular complexity index is 408. The lowest BCUT2D eigenvalue weighted by molar-refractivity contribution is -0.141. The molecule has 1 atom stereocenters. The molecular weight excluding hydrogens is 260 g/mol. The molecule has 0 aromatic carbocycles. The van der Waals surface area contributed by atoms with E-state index in [0.29, 0.717) is 5.82 Å². The smallest absolute Gasteiger partial charge is 0.327 e. The monoisotopic (exact) mass is 276 g/mol. The molecule has 1 rings (SSSR count). The Morgan fingerprint density at radius 1 is 1.61 bits per heavy atom. The van der Waals surface area contributed by atoms with Crippen LogP contribution >= 0.6 is 12.4 Å². The topological polar surface area (TPSA) is 99.2 Å². The highest BCUT2D eigenvalue weighted by atomic mass is 35.5. The summed E-state index contributed by atoms with van der Waals surface area (Å²) in [5, 5.41) is 6.60. The summed E-state index contributed by atoms with van der Waals surface area (Å²) in [5.41, 5.74) is 5.37. The van der Waals surface area contributed by atoms with Gasteiger partial charge in [-0.05, 0) is 0 Å². The fourth-order valence-electron chi connectivity index (χ4n) is 1.07. The molecule has 0 radical (unpaired) electrons. The number of aromatic nitrogens is 2. The normalized spacial score (nSPS) is 11.3. The number of anilines is 1. The third-order valence-corrected chi connectivity index (χ3v) is 2.21. The van der Waals surface area contributed by atoms with Gasteiger partial charge in [0.1, 0.15) is 6.54 Å². The molecule has 18 heavy (non-hydrogen) atoms. The molecule has 0 saturated heterocycles. The molecule has 102 valence electrons. The highest BCUT2D eigenvalue weighted by Crippen LogP contribution is 2.05. The van der Waals surface area contributed by atoms with Crippen LogP contribution in [-0.4, -0.2) is 35.3 Å². The van der Waals surface area contributed by atoms with Crippen LogP contribution in [0.2, 0.25) is 0 Å². The van der Waals surface area contributed by atoms with Crippen molar-refractivity contribution >= 4 is 30.1 Å². The van der Waals surface area contributed by atoms with Gasteiger partial charge in [-0.3, -0.25) is 14.3 Å². The summed E-state index contributed by atoms with van der Waals surface area (Å²) in [5.74, 6) is -0.489. The fraction of sp³-hybridized carbons (Fsp3) is 0.500. The van der Waals surface area contributed by atoms with Crippen molar-refractivity contribution < 1.29 is 14.3 Å². The van der Waals surface area contributed by atoms with Crippen LogP contribution < -0.4 is 11.1 Å². The standard InChI is InChI=1S/C10H16N4O3.ClH/c1-7(5-11)10(16)12-8-3-4-14(13-8)6-9(15)17-2;/h3-4,7H,5-6,11H2,1-2H3,(H,12,13,16);1H. The van der Waals surface area contributed by atoms with Gasteiger partial charge in [-0.1, -0.05) is 6.92 Å². The third kappa shape index (κ3) is 4.72. The van der Waals surface area contributed by atoms with E-state index in [1.807, 2.05) is 0 Å². The molecule has 1 unspecified atom stereocenters. The summed E-state index contributed by atoms with van der Waals surface area (Å²) in [6.45, 7) is 2.01. The van der Waals surface area contributed by atoms with Gasteiger partial charge in [0.25, 0.3) is 0 Å². The van der Waals surface area contributed by atoms with Gasteiger partial charge in [0.15, 0.2) is 5.82 Å². The van der Waals surface area contributed by atoms with Gasteiger partial charge < -0.3 is 15.8 Å². The van der Waals surface area contributed by atoms with Gasteiger partial charge in [-0.15, -0.1) is 12.4 Å². The number of carbonyl (C=O) groups excluding carboxylic acids is 2. The van der Waals surface area contributed by atoms with E-state index in [1.54, 1.807) is 19.2 Å². The van der Waals surface area contributed by atoms with Gasteiger partial charge in [-0.2, -0.15) is 5.10 Å². The molecule has 0 aliphatic carbocycles. The lowest BCUT2D eigenvalue weighted by Crippen LogP contribution is -2.27. The lowest BCUT2D eigenvalue weighted by Gasteiger charge is -2.07. The minimum Gasteiger partial charge on any atom is -0.468 e. The predicted molar refractivity (Wildman–Crippen MR) is 68.3 cm³/mol. The maximum absolute atomic E-state index is 11.5. The first-order chi connectivity index (χ1) is 8.06. The number of nitrogens with zero attached hydrogens (tertiary/aromatic N) is 2. The van der Waals surface area contributed by atoms with Crippen LogP contribution in [0.5, 0.6) is 0 Å². The summed E-state index contributed by atoms with van der Waals surface area (Å²) < 4.78 is 5.88. The summed E-state index contributed by atoms with van der Waals surface area (Å²) in [6.07, 6.45) is 1.58. The van der Waals surface area contributed by atoms with Crippen molar-refractivity contribution in [3.05, 3.63) is 12.3 Å². The molecule has 0 bridgehead atoms. The average Bonchev–Trinajstić information content (AvgIpc) is 2.75. The molecule has 1 aromatic rings. The molecule has 0 saturated carbocycles. The van der Waals surface area contributed by atoms with Crippen LogP contribution in [-0.2, 0) is 20.9 Å². The number of esters is 1. The lowest BCUT2D eigenvalue weighted by atomic mass is 10.2. The van der Waals surface area contributed by atoms with Gasteiger partial charge in [0.05, 0.1) is 7.11 Å². The predicted octanol–water partition coefficient (Wildman–Crippen LogP) is 0.0112. The molecule has 7 nitrogen and oxygen atoms in total. The van der Waals surface area contributed by atoms with Crippen molar-refractivity contribution in [3.8, 4) is 0 Å². The molecular formula is C10H17ClN4O3. The Morgan fingerprint density at radius 3 is 2.83 bits per heavy atom. The van der Waals surface area contributed by atoms with E-state index in [2.05, 4.69) is 15.2 Å². The summed E-state index contributed by atoms with van der Waals surface area (Å²) >= 11 is 0. The molecule has 1 heterocycles. The molecule has 0 spiro atoms. The summed E-state index contributed by atoms with van der Waals surface area (Å²) in [4.78, 5) is 22.5. The van der Waals surface area contributed by atoms with Crippen molar-refractivity contribution in [2.24, 2.45) is 11.7 Å². The summed E-state index contributed by atoms with van der Waals surface area (Å²) in [6, 6.07) is 1.60. The zero-order valence-corrected chi connectivity index (χ0v) is 11.1. The number of rotatable bonds is 5. The van der Waals surface area contributed by atoms with Crippen LogP contribution in [0.15, 0.2) is 12.3 Å². The maximum atomic E-state index is 11.5. The van der Waals surface area contributed by atoms with Crippen LogP contribution in [0.3, 0.4) is 0 Å². The van der Waals surface area contributed by atoms with Crippen molar-refractivity contribution in [1.82, 2.24) is 9.78 Å². The number of halogens is 1. The number of ether oxygens (including phenoxy) is 1. The van der Waals surface area contributed by atoms with E-state index in [0.717, 1.165) is 0 Å². The van der Waals surface area contributed by atoms with E-state index in [1.165, 1.54) is 11.8 Å². The molecule has 0 aliphatic rings. The Kier molecular flexibility index (Phi) is 6.99. The van der Waals surface area contributed by atoms with Crippen molar-refractivity contribution in [3.63, 3.8) is 0 Å². The fourth-order valence-corrected chi connectivity index (χ4v) is 1.07. The number of carbonyl (C=O) groups is 2. The first-order valence-electron chi connectivity index (χ1n) is 5.18. The minimum atomic E-state index is -0.402. The second-order valence-corrected chi connectivity index (χ2v) is 3.60. The first kappa shape index (κ1) is 16.4. The molecule has 0 fully saturated rings. The Hall–Kier alpha value is -1.60. The third-order valence-electron chi connectivity index (χ3n) is 2.21. The molecule has 0 aliphatic heterocycles. The second-order valence-electron chi connectivity index (χ2n) is 3.60. The van der Waals surface area contributed by atoms with E-state index in [4.69, 9.17) is 5.73 Å². The highest BCUT2D eigenvalue weighted by Gasteiger charge is 2.12. The average molecular weight is 277 g/mol. The SMILES string of the molecule is COC(=O)Cn1ccc(NC(=O)C(C)CN)n1.Cl.